The zero-order valence-electron chi connectivity index (χ0n) is 12.2. The van der Waals surface area contributed by atoms with Crippen LogP contribution in [0.25, 0.3) is 0 Å². The highest BCUT2D eigenvalue weighted by Gasteiger charge is 2.21. The van der Waals surface area contributed by atoms with Crippen LogP contribution in [0.4, 0.5) is 10.8 Å². The van der Waals surface area contributed by atoms with E-state index in [0.29, 0.717) is 15.2 Å². The fourth-order valence-corrected chi connectivity index (χ4v) is 3.95. The third-order valence-corrected chi connectivity index (χ3v) is 6.11. The van der Waals surface area contributed by atoms with Gasteiger partial charge in [0.15, 0.2) is 4.34 Å². The molecule has 1 N–H and O–H groups in total. The lowest BCUT2D eigenvalue weighted by atomic mass is 10.3. The number of amides is 1. The van der Waals surface area contributed by atoms with Gasteiger partial charge < -0.3 is 0 Å². The molecule has 7 nitrogen and oxygen atoms in total. The number of rotatable bonds is 6. The third-order valence-electron chi connectivity index (χ3n) is 2.63. The summed E-state index contributed by atoms with van der Waals surface area (Å²) in [5.41, 5.74) is 0.410. The molecule has 1 aromatic heterocycles. The lowest BCUT2D eigenvalue weighted by Gasteiger charge is -2.21. The maximum Gasteiger partial charge on any atom is 0.246 e. The second-order valence-electron chi connectivity index (χ2n) is 4.37. The van der Waals surface area contributed by atoms with Crippen molar-refractivity contribution < 1.29 is 13.2 Å². The van der Waals surface area contributed by atoms with Crippen LogP contribution < -0.4 is 9.62 Å². The number of anilines is 2. The molecule has 1 heterocycles. The van der Waals surface area contributed by atoms with E-state index in [1.165, 1.54) is 23.1 Å². The highest BCUT2D eigenvalue weighted by Crippen LogP contribution is 2.24. The Balaban J connectivity index is 2.14. The SMILES string of the molecule is CSc1nnc(NC(=O)CN(c2ccc(Br)cc2)S(C)(=O)=O)s1. The van der Waals surface area contributed by atoms with Crippen LogP contribution >= 0.6 is 39.0 Å². The second-order valence-corrected chi connectivity index (χ2v) is 9.22. The minimum absolute atomic E-state index is 0.337. The number of sulfonamides is 1. The number of carbonyl (C=O) groups is 1. The smallest absolute Gasteiger partial charge is 0.246 e. The number of hydrogen-bond acceptors (Lipinski definition) is 7. The van der Waals surface area contributed by atoms with E-state index in [1.54, 1.807) is 24.3 Å². The van der Waals surface area contributed by atoms with Crippen LogP contribution in [0.3, 0.4) is 0 Å². The molecule has 0 aliphatic rings. The van der Waals surface area contributed by atoms with Crippen molar-refractivity contribution in [1.82, 2.24) is 10.2 Å². The van der Waals surface area contributed by atoms with Gasteiger partial charge in [-0.3, -0.25) is 14.4 Å². The minimum Gasteiger partial charge on any atom is -0.299 e. The molecular formula is C12H13BrN4O3S3. The Hall–Kier alpha value is -1.17. The van der Waals surface area contributed by atoms with E-state index >= 15 is 0 Å². The molecule has 2 rings (SSSR count). The van der Waals surface area contributed by atoms with Crippen molar-refractivity contribution in [3.05, 3.63) is 28.7 Å². The number of carbonyl (C=O) groups excluding carboxylic acids is 1. The summed E-state index contributed by atoms with van der Waals surface area (Å²) in [5, 5.41) is 10.6. The van der Waals surface area contributed by atoms with Crippen LogP contribution in [0.15, 0.2) is 33.1 Å². The van der Waals surface area contributed by atoms with Crippen LogP contribution in [0, 0.1) is 0 Å². The molecule has 0 fully saturated rings. The molecule has 0 aliphatic heterocycles. The van der Waals surface area contributed by atoms with Gasteiger partial charge in [-0.2, -0.15) is 0 Å². The van der Waals surface area contributed by atoms with Gasteiger partial charge in [-0.1, -0.05) is 39.0 Å². The Kier molecular flexibility index (Phi) is 6.00. The first-order valence-corrected chi connectivity index (χ1v) is 10.9. The summed E-state index contributed by atoms with van der Waals surface area (Å²) in [6.45, 7) is -0.339. The Bertz CT molecular complexity index is 792. The Morgan fingerprint density at radius 1 is 1.35 bits per heavy atom. The zero-order valence-corrected chi connectivity index (χ0v) is 16.2. The predicted molar refractivity (Wildman–Crippen MR) is 96.7 cm³/mol. The number of nitrogens with zero attached hydrogens (tertiary/aromatic N) is 3. The van der Waals surface area contributed by atoms with E-state index in [9.17, 15) is 13.2 Å². The van der Waals surface area contributed by atoms with Gasteiger partial charge in [0, 0.05) is 4.47 Å². The Labute approximate surface area is 150 Å². The number of halogens is 1. The van der Waals surface area contributed by atoms with Gasteiger partial charge in [-0.15, -0.1) is 10.2 Å². The Morgan fingerprint density at radius 3 is 2.52 bits per heavy atom. The van der Waals surface area contributed by atoms with Crippen molar-refractivity contribution in [2.75, 3.05) is 28.7 Å². The lowest BCUT2D eigenvalue weighted by Crippen LogP contribution is -2.37. The fourth-order valence-electron chi connectivity index (χ4n) is 1.64. The minimum atomic E-state index is -3.60. The molecule has 124 valence electrons. The van der Waals surface area contributed by atoms with E-state index in [2.05, 4.69) is 31.4 Å². The monoisotopic (exact) mass is 436 g/mol. The van der Waals surface area contributed by atoms with Crippen molar-refractivity contribution in [3.8, 4) is 0 Å². The first-order chi connectivity index (χ1) is 10.8. The molecule has 0 unspecified atom stereocenters. The van der Waals surface area contributed by atoms with Gasteiger partial charge in [0.05, 0.1) is 11.9 Å². The molecule has 0 saturated carbocycles. The summed E-state index contributed by atoms with van der Waals surface area (Å²) in [7, 11) is -3.60. The van der Waals surface area contributed by atoms with E-state index in [0.717, 1.165) is 15.0 Å². The lowest BCUT2D eigenvalue weighted by molar-refractivity contribution is -0.114. The molecule has 0 aliphatic carbocycles. The normalized spacial score (nSPS) is 11.3. The van der Waals surface area contributed by atoms with Crippen molar-refractivity contribution in [1.29, 1.82) is 0 Å². The van der Waals surface area contributed by atoms with Crippen molar-refractivity contribution in [2.24, 2.45) is 0 Å². The van der Waals surface area contributed by atoms with E-state index in [1.807, 2.05) is 6.26 Å². The van der Waals surface area contributed by atoms with Crippen LogP contribution in [0.2, 0.25) is 0 Å². The zero-order chi connectivity index (χ0) is 17.0. The van der Waals surface area contributed by atoms with Crippen LogP contribution in [0.5, 0.6) is 0 Å². The Morgan fingerprint density at radius 2 is 2.00 bits per heavy atom. The molecule has 0 bridgehead atoms. The molecule has 1 amide bonds. The molecule has 1 aromatic carbocycles. The number of hydrogen-bond donors (Lipinski definition) is 1. The van der Waals surface area contributed by atoms with Gasteiger partial charge >= 0.3 is 0 Å². The van der Waals surface area contributed by atoms with Gasteiger partial charge in [-0.05, 0) is 30.5 Å². The van der Waals surface area contributed by atoms with Gasteiger partial charge in [0.25, 0.3) is 0 Å². The highest BCUT2D eigenvalue weighted by molar-refractivity contribution is 9.10. The van der Waals surface area contributed by atoms with Crippen molar-refractivity contribution in [3.63, 3.8) is 0 Å². The highest BCUT2D eigenvalue weighted by atomic mass is 79.9. The number of nitrogens with one attached hydrogen (secondary N) is 1. The van der Waals surface area contributed by atoms with Crippen molar-refractivity contribution >= 4 is 65.8 Å². The van der Waals surface area contributed by atoms with E-state index < -0.39 is 15.9 Å². The largest absolute Gasteiger partial charge is 0.299 e. The van der Waals surface area contributed by atoms with Gasteiger partial charge in [-0.25, -0.2) is 8.42 Å². The van der Waals surface area contributed by atoms with E-state index in [4.69, 9.17) is 0 Å². The first-order valence-electron chi connectivity index (χ1n) is 6.20. The molecule has 2 aromatic rings. The molecule has 0 saturated heterocycles. The summed E-state index contributed by atoms with van der Waals surface area (Å²) in [4.78, 5) is 12.1. The number of aromatic nitrogens is 2. The summed E-state index contributed by atoms with van der Waals surface area (Å²) < 4.78 is 26.5. The maximum atomic E-state index is 12.1. The van der Waals surface area contributed by atoms with Crippen molar-refractivity contribution in [2.45, 2.75) is 4.34 Å². The average Bonchev–Trinajstić information content (AvgIpc) is 2.92. The fraction of sp³-hybridized carbons (Fsp3) is 0.250. The number of benzene rings is 1. The summed E-state index contributed by atoms with van der Waals surface area (Å²) in [5.74, 6) is -0.484. The van der Waals surface area contributed by atoms with Crippen LogP contribution in [-0.2, 0) is 14.8 Å². The molecule has 0 radical (unpaired) electrons. The average molecular weight is 437 g/mol. The molecule has 11 heteroatoms. The quantitative estimate of drug-likeness (QED) is 0.551. The standard InChI is InChI=1S/C12H13BrN4O3S3/c1-21-12-16-15-11(22-12)14-10(18)7-17(23(2,19)20)9-5-3-8(13)4-6-9/h3-6H,7H2,1-2H3,(H,14,15,18). The summed E-state index contributed by atoms with van der Waals surface area (Å²) in [6.07, 6.45) is 2.91. The van der Waals surface area contributed by atoms with Crippen LogP contribution in [-0.4, -0.2) is 43.6 Å². The van der Waals surface area contributed by atoms with Gasteiger partial charge in [0.1, 0.15) is 6.54 Å². The molecule has 0 atom stereocenters. The predicted octanol–water partition coefficient (Wildman–Crippen LogP) is 2.43. The topological polar surface area (TPSA) is 92.3 Å². The van der Waals surface area contributed by atoms with Crippen LogP contribution in [0.1, 0.15) is 0 Å². The summed E-state index contributed by atoms with van der Waals surface area (Å²) in [6, 6.07) is 6.66. The third kappa shape index (κ3) is 5.16. The van der Waals surface area contributed by atoms with E-state index in [-0.39, 0.29) is 6.54 Å². The molecular weight excluding hydrogens is 424 g/mol. The second kappa shape index (κ2) is 7.60. The maximum absolute atomic E-state index is 12.1. The molecule has 23 heavy (non-hydrogen) atoms. The molecule has 0 spiro atoms. The number of thioether (sulfide) groups is 1. The summed E-state index contributed by atoms with van der Waals surface area (Å²) >= 11 is 5.93. The van der Waals surface area contributed by atoms with Gasteiger partial charge in [0.2, 0.25) is 21.1 Å². The first kappa shape index (κ1) is 18.2.